The van der Waals surface area contributed by atoms with Crippen LogP contribution in [-0.2, 0) is 11.2 Å². The quantitative estimate of drug-likeness (QED) is 0.665. The molecule has 0 radical (unpaired) electrons. The lowest BCUT2D eigenvalue weighted by atomic mass is 10.1. The van der Waals surface area contributed by atoms with Gasteiger partial charge in [0, 0.05) is 13.0 Å². The van der Waals surface area contributed by atoms with E-state index in [0.29, 0.717) is 13.0 Å². The van der Waals surface area contributed by atoms with Gasteiger partial charge in [-0.3, -0.25) is 4.79 Å². The zero-order valence-corrected chi connectivity index (χ0v) is 12.1. The summed E-state index contributed by atoms with van der Waals surface area (Å²) in [5.74, 6) is -0.350. The van der Waals surface area contributed by atoms with Gasteiger partial charge in [0.15, 0.2) is 0 Å². The summed E-state index contributed by atoms with van der Waals surface area (Å²) in [5, 5.41) is 5.56. The molecule has 1 rings (SSSR count). The van der Waals surface area contributed by atoms with Crippen LogP contribution in [0.2, 0.25) is 0 Å². The molecule has 0 saturated heterocycles. The molecule has 5 heteroatoms. The second kappa shape index (κ2) is 8.19. The van der Waals surface area contributed by atoms with Gasteiger partial charge in [-0.1, -0.05) is 31.2 Å². The number of hydrogen-bond donors (Lipinski definition) is 3. The molecule has 0 fully saturated rings. The van der Waals surface area contributed by atoms with Crippen LogP contribution in [0.5, 0.6) is 0 Å². The van der Waals surface area contributed by atoms with E-state index in [4.69, 9.17) is 5.73 Å². The number of carbonyl (C=O) groups excluding carboxylic acids is 2. The molecule has 0 saturated carbocycles. The molecule has 1 aromatic rings. The largest absolute Gasteiger partial charge is 0.370 e. The van der Waals surface area contributed by atoms with Gasteiger partial charge < -0.3 is 16.4 Å². The smallest absolute Gasteiger partial charge is 0.315 e. The van der Waals surface area contributed by atoms with Crippen molar-refractivity contribution >= 4 is 11.9 Å². The highest BCUT2D eigenvalue weighted by molar-refractivity contribution is 5.75. The Morgan fingerprint density at radius 2 is 1.90 bits per heavy atom. The van der Waals surface area contributed by atoms with E-state index < -0.39 is 0 Å². The normalized spacial score (nSPS) is 11.7. The molecule has 0 aliphatic heterocycles. The molecule has 5 nitrogen and oxygen atoms in total. The van der Waals surface area contributed by atoms with E-state index in [0.717, 1.165) is 12.0 Å². The van der Waals surface area contributed by atoms with Crippen molar-refractivity contribution in [2.24, 2.45) is 5.73 Å². The molecular weight excluding hydrogens is 254 g/mol. The summed E-state index contributed by atoms with van der Waals surface area (Å²) in [5.41, 5.74) is 7.36. The van der Waals surface area contributed by atoms with Gasteiger partial charge in [0.2, 0.25) is 5.91 Å². The van der Waals surface area contributed by atoms with E-state index in [-0.39, 0.29) is 24.4 Å². The Hall–Kier alpha value is -2.04. The zero-order chi connectivity index (χ0) is 15.0. The topological polar surface area (TPSA) is 84.2 Å². The first-order valence-electron chi connectivity index (χ1n) is 6.94. The lowest BCUT2D eigenvalue weighted by molar-refractivity contribution is -0.118. The third-order valence-corrected chi connectivity index (χ3v) is 3.12. The molecule has 0 aliphatic rings. The van der Waals surface area contributed by atoms with Crippen LogP contribution in [0, 0.1) is 0 Å². The van der Waals surface area contributed by atoms with Crippen LogP contribution < -0.4 is 16.4 Å². The molecular formula is C15H23N3O2. The standard InChI is InChI=1S/C15H23N3O2/c1-3-12-6-8-13(9-7-12)11(2)18-15(20)17-10-4-5-14(16)19/h6-9,11H,3-5,10H2,1-2H3,(H2,16,19)(H2,17,18,20)/t11-/m1/s1. The third-order valence-electron chi connectivity index (χ3n) is 3.12. The van der Waals surface area contributed by atoms with Gasteiger partial charge in [0.1, 0.15) is 0 Å². The summed E-state index contributed by atoms with van der Waals surface area (Å²) < 4.78 is 0. The fraction of sp³-hybridized carbons (Fsp3) is 0.467. The maximum atomic E-state index is 11.7. The highest BCUT2D eigenvalue weighted by Crippen LogP contribution is 2.13. The van der Waals surface area contributed by atoms with Crippen LogP contribution in [0.3, 0.4) is 0 Å². The highest BCUT2D eigenvalue weighted by Gasteiger charge is 2.08. The zero-order valence-electron chi connectivity index (χ0n) is 12.1. The monoisotopic (exact) mass is 277 g/mol. The van der Waals surface area contributed by atoms with Gasteiger partial charge in [-0.05, 0) is 30.9 Å². The van der Waals surface area contributed by atoms with Gasteiger partial charge in [-0.25, -0.2) is 4.79 Å². The number of hydrogen-bond acceptors (Lipinski definition) is 2. The Balaban J connectivity index is 2.34. The van der Waals surface area contributed by atoms with Crippen LogP contribution in [0.25, 0.3) is 0 Å². The van der Waals surface area contributed by atoms with E-state index in [1.165, 1.54) is 5.56 Å². The number of benzene rings is 1. The van der Waals surface area contributed by atoms with Crippen LogP contribution in [0.1, 0.15) is 43.9 Å². The second-order valence-electron chi connectivity index (χ2n) is 4.79. The second-order valence-corrected chi connectivity index (χ2v) is 4.79. The number of aryl methyl sites for hydroxylation is 1. The van der Waals surface area contributed by atoms with Gasteiger partial charge in [-0.15, -0.1) is 0 Å². The number of nitrogens with one attached hydrogen (secondary N) is 2. The van der Waals surface area contributed by atoms with Crippen LogP contribution in [0.4, 0.5) is 4.79 Å². The van der Waals surface area contributed by atoms with Crippen molar-refractivity contribution in [1.29, 1.82) is 0 Å². The lowest BCUT2D eigenvalue weighted by Crippen LogP contribution is -2.37. The van der Waals surface area contributed by atoms with Crippen molar-refractivity contribution in [2.45, 2.75) is 39.2 Å². The Bertz CT molecular complexity index is 443. The summed E-state index contributed by atoms with van der Waals surface area (Å²) in [6.45, 7) is 4.48. The molecule has 1 aromatic carbocycles. The molecule has 0 spiro atoms. The number of primary amides is 1. The molecule has 0 aliphatic carbocycles. The molecule has 1 atom stereocenters. The average Bonchev–Trinajstić information content (AvgIpc) is 2.43. The first-order chi connectivity index (χ1) is 9.52. The number of rotatable bonds is 7. The van der Waals surface area contributed by atoms with Gasteiger partial charge in [0.05, 0.1) is 6.04 Å². The van der Waals surface area contributed by atoms with Crippen molar-refractivity contribution in [3.8, 4) is 0 Å². The lowest BCUT2D eigenvalue weighted by Gasteiger charge is -2.15. The predicted molar refractivity (Wildman–Crippen MR) is 79.2 cm³/mol. The number of urea groups is 1. The first-order valence-corrected chi connectivity index (χ1v) is 6.94. The Morgan fingerprint density at radius 1 is 1.25 bits per heavy atom. The van der Waals surface area contributed by atoms with Crippen molar-refractivity contribution in [1.82, 2.24) is 10.6 Å². The fourth-order valence-electron chi connectivity index (χ4n) is 1.84. The Kier molecular flexibility index (Phi) is 6.56. The van der Waals surface area contributed by atoms with Crippen molar-refractivity contribution in [3.05, 3.63) is 35.4 Å². The number of carbonyl (C=O) groups is 2. The van der Waals surface area contributed by atoms with E-state index in [2.05, 4.69) is 29.7 Å². The molecule has 0 aromatic heterocycles. The Labute approximate surface area is 119 Å². The van der Waals surface area contributed by atoms with E-state index in [9.17, 15) is 9.59 Å². The molecule has 0 bridgehead atoms. The van der Waals surface area contributed by atoms with Gasteiger partial charge in [-0.2, -0.15) is 0 Å². The summed E-state index contributed by atoms with van der Waals surface area (Å²) in [6.07, 6.45) is 1.85. The van der Waals surface area contributed by atoms with E-state index in [1.807, 2.05) is 19.1 Å². The van der Waals surface area contributed by atoms with Crippen molar-refractivity contribution in [3.63, 3.8) is 0 Å². The molecule has 0 unspecified atom stereocenters. The summed E-state index contributed by atoms with van der Waals surface area (Å²) in [7, 11) is 0. The summed E-state index contributed by atoms with van der Waals surface area (Å²) >= 11 is 0. The maximum absolute atomic E-state index is 11.7. The van der Waals surface area contributed by atoms with Crippen LogP contribution in [-0.4, -0.2) is 18.5 Å². The van der Waals surface area contributed by atoms with E-state index in [1.54, 1.807) is 0 Å². The number of nitrogens with two attached hydrogens (primary N) is 1. The molecule has 3 amide bonds. The fourth-order valence-corrected chi connectivity index (χ4v) is 1.84. The van der Waals surface area contributed by atoms with Gasteiger partial charge >= 0.3 is 6.03 Å². The summed E-state index contributed by atoms with van der Waals surface area (Å²) in [4.78, 5) is 22.2. The van der Waals surface area contributed by atoms with Crippen molar-refractivity contribution in [2.75, 3.05) is 6.54 Å². The third kappa shape index (κ3) is 5.73. The minimum Gasteiger partial charge on any atom is -0.370 e. The molecule has 4 N–H and O–H groups in total. The van der Waals surface area contributed by atoms with E-state index >= 15 is 0 Å². The highest BCUT2D eigenvalue weighted by atomic mass is 16.2. The molecule has 0 heterocycles. The number of amides is 3. The summed E-state index contributed by atoms with van der Waals surface area (Å²) in [6, 6.07) is 7.89. The Morgan fingerprint density at radius 3 is 2.45 bits per heavy atom. The minimum atomic E-state index is -0.350. The van der Waals surface area contributed by atoms with Crippen LogP contribution in [0.15, 0.2) is 24.3 Å². The molecule has 20 heavy (non-hydrogen) atoms. The van der Waals surface area contributed by atoms with Crippen molar-refractivity contribution < 1.29 is 9.59 Å². The molecule has 110 valence electrons. The first kappa shape index (κ1) is 16.0. The SMILES string of the molecule is CCc1ccc([C@@H](C)NC(=O)NCCCC(N)=O)cc1. The van der Waals surface area contributed by atoms with Gasteiger partial charge in [0.25, 0.3) is 0 Å². The minimum absolute atomic E-state index is 0.0583. The average molecular weight is 277 g/mol. The van der Waals surface area contributed by atoms with Crippen LogP contribution >= 0.6 is 0 Å². The predicted octanol–water partition coefficient (Wildman–Crippen LogP) is 1.87. The maximum Gasteiger partial charge on any atom is 0.315 e.